The van der Waals surface area contributed by atoms with Gasteiger partial charge in [0, 0.05) is 16.5 Å². The van der Waals surface area contributed by atoms with E-state index in [2.05, 4.69) is 0 Å². The van der Waals surface area contributed by atoms with Crippen LogP contribution in [0.5, 0.6) is 34.5 Å². The zero-order valence-electron chi connectivity index (χ0n) is 21.6. The molecule has 0 radical (unpaired) electrons. The summed E-state index contributed by atoms with van der Waals surface area (Å²) in [4.78, 5) is 0. The molecule has 2 rings (SSSR count). The number of phenolic OH excluding ortho intramolecular Hbond substituents is 2. The molecule has 0 aliphatic heterocycles. The van der Waals surface area contributed by atoms with Gasteiger partial charge in [-0.1, -0.05) is 26.0 Å². The zero-order valence-corrected chi connectivity index (χ0v) is 21.6. The standard InChI is InChI=1S/C27H40O6/c1-15(2)30-23-19(11-13-21(28)25(23)32-17(5)6)27(9,10)20-12-14-22(29)26(33-18(7)8)24(20)31-16(3)4/h11-18,28-29H,1-10H3. The van der Waals surface area contributed by atoms with E-state index in [0.717, 1.165) is 11.1 Å². The van der Waals surface area contributed by atoms with Crippen molar-refractivity contribution in [2.45, 2.75) is 99.1 Å². The number of phenols is 2. The van der Waals surface area contributed by atoms with Crippen LogP contribution in [0.1, 0.15) is 80.4 Å². The van der Waals surface area contributed by atoms with Crippen molar-refractivity contribution in [3.63, 3.8) is 0 Å². The normalized spacial score (nSPS) is 12.1. The average molecular weight is 461 g/mol. The molecule has 33 heavy (non-hydrogen) atoms. The van der Waals surface area contributed by atoms with E-state index >= 15 is 0 Å². The molecule has 0 saturated heterocycles. The molecular weight excluding hydrogens is 420 g/mol. The number of hydrogen-bond acceptors (Lipinski definition) is 6. The minimum atomic E-state index is -0.653. The Morgan fingerprint density at radius 3 is 1.06 bits per heavy atom. The van der Waals surface area contributed by atoms with Gasteiger partial charge in [0.1, 0.15) is 0 Å². The molecular formula is C27H40O6. The minimum Gasteiger partial charge on any atom is -0.504 e. The molecule has 2 N–H and O–H groups in total. The molecule has 0 fully saturated rings. The molecule has 184 valence electrons. The van der Waals surface area contributed by atoms with Gasteiger partial charge >= 0.3 is 0 Å². The first-order valence-corrected chi connectivity index (χ1v) is 11.6. The molecule has 0 aliphatic carbocycles. The Morgan fingerprint density at radius 2 is 0.788 bits per heavy atom. The topological polar surface area (TPSA) is 77.4 Å². The summed E-state index contributed by atoms with van der Waals surface area (Å²) in [6, 6.07) is 6.93. The highest BCUT2D eigenvalue weighted by atomic mass is 16.5. The van der Waals surface area contributed by atoms with Crippen LogP contribution < -0.4 is 18.9 Å². The molecule has 0 aliphatic rings. The van der Waals surface area contributed by atoms with E-state index < -0.39 is 5.41 Å². The highest BCUT2D eigenvalue weighted by Crippen LogP contribution is 2.52. The van der Waals surface area contributed by atoms with Gasteiger partial charge in [0.15, 0.2) is 23.0 Å². The molecule has 0 atom stereocenters. The van der Waals surface area contributed by atoms with E-state index in [1.165, 1.54) is 0 Å². The van der Waals surface area contributed by atoms with Crippen LogP contribution >= 0.6 is 0 Å². The Labute approximate surface area is 198 Å². The highest BCUT2D eigenvalue weighted by molar-refractivity contribution is 5.64. The van der Waals surface area contributed by atoms with Gasteiger partial charge < -0.3 is 29.2 Å². The summed E-state index contributed by atoms with van der Waals surface area (Å²) in [7, 11) is 0. The molecule has 0 bridgehead atoms. The molecule has 2 aromatic carbocycles. The number of rotatable bonds is 10. The van der Waals surface area contributed by atoms with Crippen LogP contribution in [0, 0.1) is 0 Å². The number of ether oxygens (including phenoxy) is 4. The Bertz CT molecular complexity index is 869. The van der Waals surface area contributed by atoms with Crippen molar-refractivity contribution in [3.8, 4) is 34.5 Å². The second kappa shape index (κ2) is 10.4. The van der Waals surface area contributed by atoms with E-state index in [4.69, 9.17) is 18.9 Å². The maximum atomic E-state index is 10.6. The summed E-state index contributed by atoms with van der Waals surface area (Å²) in [5.41, 5.74) is 0.985. The van der Waals surface area contributed by atoms with Crippen LogP contribution in [0.3, 0.4) is 0 Å². The lowest BCUT2D eigenvalue weighted by atomic mass is 9.76. The average Bonchev–Trinajstić information content (AvgIpc) is 2.66. The van der Waals surface area contributed by atoms with Gasteiger partial charge in [-0.2, -0.15) is 0 Å². The molecule has 0 heterocycles. The summed E-state index contributed by atoms with van der Waals surface area (Å²) < 4.78 is 24.3. The molecule has 0 aromatic heterocycles. The van der Waals surface area contributed by atoms with Gasteiger partial charge in [0.25, 0.3) is 0 Å². The number of aromatic hydroxyl groups is 2. The van der Waals surface area contributed by atoms with Crippen LogP contribution in [-0.2, 0) is 5.41 Å². The van der Waals surface area contributed by atoms with Crippen molar-refractivity contribution in [3.05, 3.63) is 35.4 Å². The minimum absolute atomic E-state index is 0.0205. The second-order valence-corrected chi connectivity index (χ2v) is 9.87. The largest absolute Gasteiger partial charge is 0.504 e. The summed E-state index contributed by atoms with van der Waals surface area (Å²) >= 11 is 0. The fraction of sp³-hybridized carbons (Fsp3) is 0.556. The molecule has 6 heteroatoms. The SMILES string of the molecule is CC(C)Oc1c(O)ccc(C(C)(C)c2ccc(O)c(OC(C)C)c2OC(C)C)c1OC(C)C. The molecule has 0 unspecified atom stereocenters. The molecule has 0 saturated carbocycles. The lowest BCUT2D eigenvalue weighted by Crippen LogP contribution is -2.24. The van der Waals surface area contributed by atoms with Crippen molar-refractivity contribution in [1.29, 1.82) is 0 Å². The van der Waals surface area contributed by atoms with Crippen LogP contribution in [0.15, 0.2) is 24.3 Å². The van der Waals surface area contributed by atoms with E-state index in [9.17, 15) is 10.2 Å². The van der Waals surface area contributed by atoms with Crippen molar-refractivity contribution in [2.75, 3.05) is 0 Å². The van der Waals surface area contributed by atoms with Gasteiger partial charge in [-0.25, -0.2) is 0 Å². The first-order chi connectivity index (χ1) is 15.2. The van der Waals surface area contributed by atoms with E-state index in [1.807, 2.05) is 81.4 Å². The van der Waals surface area contributed by atoms with Gasteiger partial charge in [-0.05, 0) is 67.5 Å². The first-order valence-electron chi connectivity index (χ1n) is 11.6. The lowest BCUT2D eigenvalue weighted by molar-refractivity contribution is 0.185. The fourth-order valence-corrected chi connectivity index (χ4v) is 3.64. The predicted octanol–water partition coefficient (Wildman–Crippen LogP) is 6.57. The summed E-state index contributed by atoms with van der Waals surface area (Å²) in [6.45, 7) is 19.4. The smallest absolute Gasteiger partial charge is 0.203 e. The van der Waals surface area contributed by atoms with Crippen LogP contribution in [0.25, 0.3) is 0 Å². The van der Waals surface area contributed by atoms with Crippen LogP contribution in [0.4, 0.5) is 0 Å². The third-order valence-electron chi connectivity index (χ3n) is 4.94. The molecule has 2 aromatic rings. The second-order valence-electron chi connectivity index (χ2n) is 9.87. The Kier molecular flexibility index (Phi) is 8.39. The fourth-order valence-electron chi connectivity index (χ4n) is 3.64. The van der Waals surface area contributed by atoms with Crippen LogP contribution in [-0.4, -0.2) is 34.6 Å². The molecule has 0 amide bonds. The summed E-state index contributed by atoms with van der Waals surface area (Å²) in [5.74, 6) is 1.64. The van der Waals surface area contributed by atoms with Crippen LogP contribution in [0.2, 0.25) is 0 Å². The zero-order chi connectivity index (χ0) is 25.1. The summed E-state index contributed by atoms with van der Waals surface area (Å²) in [5, 5.41) is 21.2. The maximum Gasteiger partial charge on any atom is 0.203 e. The van der Waals surface area contributed by atoms with Gasteiger partial charge in [-0.3, -0.25) is 0 Å². The van der Waals surface area contributed by atoms with E-state index in [0.29, 0.717) is 23.0 Å². The van der Waals surface area contributed by atoms with Crippen molar-refractivity contribution in [2.24, 2.45) is 0 Å². The molecule has 6 nitrogen and oxygen atoms in total. The third-order valence-corrected chi connectivity index (χ3v) is 4.94. The van der Waals surface area contributed by atoms with Gasteiger partial charge in [0.05, 0.1) is 24.4 Å². The Morgan fingerprint density at radius 1 is 0.515 bits per heavy atom. The lowest BCUT2D eigenvalue weighted by Gasteiger charge is -2.33. The van der Waals surface area contributed by atoms with Gasteiger partial charge in [-0.15, -0.1) is 0 Å². The first kappa shape index (κ1) is 26.5. The van der Waals surface area contributed by atoms with E-state index in [1.54, 1.807) is 12.1 Å². The third kappa shape index (κ3) is 6.18. The highest BCUT2D eigenvalue weighted by Gasteiger charge is 2.35. The quantitative estimate of drug-likeness (QED) is 0.417. The number of hydrogen-bond donors (Lipinski definition) is 2. The summed E-state index contributed by atoms with van der Waals surface area (Å²) in [6.07, 6.45) is -0.574. The van der Waals surface area contributed by atoms with Crippen molar-refractivity contribution >= 4 is 0 Å². The molecule has 0 spiro atoms. The Balaban J connectivity index is 2.83. The van der Waals surface area contributed by atoms with Crippen molar-refractivity contribution < 1.29 is 29.2 Å². The monoisotopic (exact) mass is 460 g/mol. The van der Waals surface area contributed by atoms with E-state index in [-0.39, 0.29) is 35.9 Å². The van der Waals surface area contributed by atoms with Gasteiger partial charge in [0.2, 0.25) is 11.5 Å². The number of benzene rings is 2. The predicted molar refractivity (Wildman–Crippen MR) is 131 cm³/mol. The Hall–Kier alpha value is -2.76. The maximum absolute atomic E-state index is 10.6. The van der Waals surface area contributed by atoms with Crippen molar-refractivity contribution in [1.82, 2.24) is 0 Å².